The van der Waals surface area contributed by atoms with Crippen LogP contribution in [0.1, 0.15) is 32.3 Å². The van der Waals surface area contributed by atoms with Gasteiger partial charge in [0.05, 0.1) is 25.5 Å². The molecule has 0 radical (unpaired) electrons. The van der Waals surface area contributed by atoms with Crippen molar-refractivity contribution < 1.29 is 9.47 Å². The highest BCUT2D eigenvalue weighted by Crippen LogP contribution is 2.42. The Bertz CT molecular complexity index is 815. The number of aliphatic imine (C=N–C) groups is 1. The fourth-order valence-electron chi connectivity index (χ4n) is 2.24. The molecule has 2 aromatic rings. The molecule has 0 saturated carbocycles. The van der Waals surface area contributed by atoms with Crippen molar-refractivity contribution in [1.29, 1.82) is 0 Å². The molecular weight excluding hydrogens is 384 g/mol. The van der Waals surface area contributed by atoms with Crippen LogP contribution in [-0.2, 0) is 0 Å². The quantitative estimate of drug-likeness (QED) is 0.346. The molecular formula is C19H25ClN4O2S. The Morgan fingerprint density at radius 1 is 1.22 bits per heavy atom. The van der Waals surface area contributed by atoms with Crippen LogP contribution < -0.4 is 9.47 Å². The van der Waals surface area contributed by atoms with Crippen LogP contribution in [0.25, 0.3) is 0 Å². The highest BCUT2D eigenvalue weighted by molar-refractivity contribution is 7.99. The van der Waals surface area contributed by atoms with E-state index in [0.717, 1.165) is 21.9 Å². The molecule has 0 aliphatic heterocycles. The van der Waals surface area contributed by atoms with E-state index in [1.165, 1.54) is 11.8 Å². The van der Waals surface area contributed by atoms with Gasteiger partial charge in [0.1, 0.15) is 5.15 Å². The molecule has 1 aromatic heterocycles. The van der Waals surface area contributed by atoms with E-state index in [1.807, 2.05) is 31.0 Å². The summed E-state index contributed by atoms with van der Waals surface area (Å²) >= 11 is 7.88. The fraction of sp³-hybridized carbons (Fsp3) is 0.421. The lowest BCUT2D eigenvalue weighted by Gasteiger charge is -2.17. The van der Waals surface area contributed by atoms with E-state index in [0.29, 0.717) is 28.5 Å². The number of halogens is 1. The first kappa shape index (κ1) is 21.3. The first-order valence-corrected chi connectivity index (χ1v) is 9.79. The maximum atomic E-state index is 6.38. The summed E-state index contributed by atoms with van der Waals surface area (Å²) in [6, 6.07) is 3.96. The zero-order valence-corrected chi connectivity index (χ0v) is 18.1. The maximum absolute atomic E-state index is 6.38. The number of nitrogens with zero attached hydrogens (tertiary/aromatic N) is 4. The lowest BCUT2D eigenvalue weighted by molar-refractivity contribution is 0.353. The summed E-state index contributed by atoms with van der Waals surface area (Å²) in [5.41, 5.74) is 1.14. The molecule has 0 bridgehead atoms. The number of ether oxygens (including phenoxy) is 2. The van der Waals surface area contributed by atoms with E-state index in [4.69, 9.17) is 21.1 Å². The monoisotopic (exact) mass is 408 g/mol. The van der Waals surface area contributed by atoms with Crippen LogP contribution in [0.5, 0.6) is 11.5 Å². The summed E-state index contributed by atoms with van der Waals surface area (Å²) in [5, 5.41) is 0.366. The van der Waals surface area contributed by atoms with Crippen molar-refractivity contribution in [3.63, 3.8) is 0 Å². The second kappa shape index (κ2) is 9.80. The van der Waals surface area contributed by atoms with Gasteiger partial charge in [0, 0.05) is 24.7 Å². The number of hydrogen-bond donors (Lipinski definition) is 0. The summed E-state index contributed by atoms with van der Waals surface area (Å²) in [6.45, 7) is 7.15. The molecule has 146 valence electrons. The number of benzene rings is 1. The maximum Gasteiger partial charge on any atom is 0.252 e. The predicted molar refractivity (Wildman–Crippen MR) is 111 cm³/mol. The summed E-state index contributed by atoms with van der Waals surface area (Å²) in [7, 11) is 5.19. The van der Waals surface area contributed by atoms with Gasteiger partial charge in [-0.15, -0.1) is 0 Å². The molecule has 0 unspecified atom stereocenters. The van der Waals surface area contributed by atoms with Gasteiger partial charge < -0.3 is 14.4 Å². The van der Waals surface area contributed by atoms with Gasteiger partial charge in [0.25, 0.3) is 5.95 Å². The summed E-state index contributed by atoms with van der Waals surface area (Å²) in [5.74, 6) is 2.02. The largest absolute Gasteiger partial charge is 0.493 e. The zero-order chi connectivity index (χ0) is 20.0. The molecule has 0 atom stereocenters. The minimum absolute atomic E-state index is 0.306. The molecule has 0 spiro atoms. The van der Waals surface area contributed by atoms with Crippen LogP contribution in [0, 0.1) is 0 Å². The van der Waals surface area contributed by atoms with Gasteiger partial charge in [-0.3, -0.25) is 0 Å². The van der Waals surface area contributed by atoms with E-state index >= 15 is 0 Å². The Morgan fingerprint density at radius 3 is 2.44 bits per heavy atom. The third-order valence-electron chi connectivity index (χ3n) is 3.93. The lowest BCUT2D eigenvalue weighted by Crippen LogP contribution is -2.14. The minimum Gasteiger partial charge on any atom is -0.493 e. The first-order chi connectivity index (χ1) is 12.9. The Morgan fingerprint density at radius 2 is 1.89 bits per heavy atom. The van der Waals surface area contributed by atoms with Gasteiger partial charge in [0.2, 0.25) is 0 Å². The van der Waals surface area contributed by atoms with Crippen molar-refractivity contribution in [2.75, 3.05) is 27.8 Å². The normalized spacial score (nSPS) is 11.3. The molecule has 0 aliphatic carbocycles. The van der Waals surface area contributed by atoms with Crippen molar-refractivity contribution in [1.82, 2.24) is 14.9 Å². The van der Waals surface area contributed by atoms with Crippen LogP contribution in [0.3, 0.4) is 0 Å². The summed E-state index contributed by atoms with van der Waals surface area (Å²) in [6.07, 6.45) is 3.38. The standard InChI is InChI=1S/C19H25ClN4O2S/c1-7-24(4)11-22-19-21-10-17(18(20)23-19)27-16-9-15(26-6)14(25-5)8-13(16)12(2)3/h8-12H,7H2,1-6H3/b22-11+. The number of rotatable bonds is 8. The van der Waals surface area contributed by atoms with Crippen molar-refractivity contribution in [3.8, 4) is 11.5 Å². The molecule has 0 saturated heterocycles. The third kappa shape index (κ3) is 5.49. The highest BCUT2D eigenvalue weighted by Gasteiger charge is 2.16. The molecule has 0 amide bonds. The van der Waals surface area contributed by atoms with Gasteiger partial charge in [-0.2, -0.15) is 4.98 Å². The average Bonchev–Trinajstić information content (AvgIpc) is 2.67. The molecule has 0 aliphatic rings. The molecule has 6 nitrogen and oxygen atoms in total. The first-order valence-electron chi connectivity index (χ1n) is 8.60. The van der Waals surface area contributed by atoms with Crippen molar-refractivity contribution >= 4 is 35.6 Å². The highest BCUT2D eigenvalue weighted by atomic mass is 35.5. The Hall–Kier alpha value is -1.99. The topological polar surface area (TPSA) is 59.8 Å². The Labute approximate surface area is 170 Å². The van der Waals surface area contributed by atoms with Crippen LogP contribution in [0.2, 0.25) is 5.15 Å². The lowest BCUT2D eigenvalue weighted by atomic mass is 10.0. The molecule has 8 heteroatoms. The molecule has 2 rings (SSSR count). The third-order valence-corrected chi connectivity index (χ3v) is 5.42. The molecule has 0 N–H and O–H groups in total. The number of aromatic nitrogens is 2. The number of methoxy groups -OCH3 is 2. The van der Waals surface area contributed by atoms with E-state index in [-0.39, 0.29) is 0 Å². The van der Waals surface area contributed by atoms with Crippen LogP contribution in [-0.4, -0.2) is 49.0 Å². The zero-order valence-electron chi connectivity index (χ0n) is 16.5. The molecule has 0 fully saturated rings. The van der Waals surface area contributed by atoms with Gasteiger partial charge in [-0.25, -0.2) is 9.98 Å². The minimum atomic E-state index is 0.306. The van der Waals surface area contributed by atoms with Crippen LogP contribution in [0.4, 0.5) is 5.95 Å². The van der Waals surface area contributed by atoms with Crippen molar-refractivity contribution in [2.45, 2.75) is 36.5 Å². The Balaban J connectivity index is 2.34. The van der Waals surface area contributed by atoms with E-state index < -0.39 is 0 Å². The summed E-state index contributed by atoms with van der Waals surface area (Å²) < 4.78 is 10.9. The van der Waals surface area contributed by atoms with Crippen molar-refractivity contribution in [2.24, 2.45) is 4.99 Å². The number of hydrogen-bond acceptors (Lipinski definition) is 6. The van der Waals surface area contributed by atoms with Gasteiger partial charge in [-0.1, -0.05) is 37.2 Å². The van der Waals surface area contributed by atoms with Gasteiger partial charge in [-0.05, 0) is 30.5 Å². The average molecular weight is 409 g/mol. The molecule has 1 heterocycles. The van der Waals surface area contributed by atoms with Crippen LogP contribution >= 0.6 is 23.4 Å². The van der Waals surface area contributed by atoms with E-state index in [2.05, 4.69) is 28.8 Å². The van der Waals surface area contributed by atoms with Gasteiger partial charge >= 0.3 is 0 Å². The van der Waals surface area contributed by atoms with E-state index in [1.54, 1.807) is 26.8 Å². The Kier molecular flexibility index (Phi) is 7.74. The van der Waals surface area contributed by atoms with Crippen LogP contribution in [0.15, 0.2) is 33.1 Å². The predicted octanol–water partition coefficient (Wildman–Crippen LogP) is 5.03. The second-order valence-electron chi connectivity index (χ2n) is 6.14. The second-order valence-corrected chi connectivity index (χ2v) is 7.59. The van der Waals surface area contributed by atoms with Gasteiger partial charge in [0.15, 0.2) is 11.5 Å². The van der Waals surface area contributed by atoms with E-state index in [9.17, 15) is 0 Å². The molecule has 1 aromatic carbocycles. The summed E-state index contributed by atoms with van der Waals surface area (Å²) in [4.78, 5) is 16.5. The smallest absolute Gasteiger partial charge is 0.252 e. The SMILES string of the molecule is CCN(C)/C=N/c1ncc(Sc2cc(OC)c(OC)cc2C(C)C)c(Cl)n1. The fourth-order valence-corrected chi connectivity index (χ4v) is 3.53. The van der Waals surface area contributed by atoms with Crippen molar-refractivity contribution in [3.05, 3.63) is 29.0 Å². The molecule has 27 heavy (non-hydrogen) atoms.